The molecule has 1 aromatic rings. The summed E-state index contributed by atoms with van der Waals surface area (Å²) < 4.78 is 0. The van der Waals surface area contributed by atoms with E-state index in [1.807, 2.05) is 12.1 Å². The van der Waals surface area contributed by atoms with E-state index < -0.39 is 0 Å². The molecule has 1 unspecified atom stereocenters. The van der Waals surface area contributed by atoms with Gasteiger partial charge in [-0.25, -0.2) is 0 Å². The number of Topliss-reactive ketones (excluding diaryl/α,β-unsaturated/α-hetero) is 1. The first-order valence-corrected chi connectivity index (χ1v) is 5.50. The number of hydrogen-bond donors (Lipinski definition) is 0. The second-order valence-electron chi connectivity index (χ2n) is 4.27. The first kappa shape index (κ1) is 10.2. The number of rotatable bonds is 2. The second kappa shape index (κ2) is 4.01. The van der Waals surface area contributed by atoms with E-state index in [-0.39, 0.29) is 5.78 Å². The van der Waals surface area contributed by atoms with Crippen LogP contribution in [0.5, 0.6) is 0 Å². The maximum atomic E-state index is 11.1. The predicted molar refractivity (Wildman–Crippen MR) is 62.8 cm³/mol. The summed E-state index contributed by atoms with van der Waals surface area (Å²) in [6.07, 6.45) is 4.75. The van der Waals surface area contributed by atoms with Crippen molar-refractivity contribution in [3.8, 4) is 0 Å². The fourth-order valence-electron chi connectivity index (χ4n) is 2.15. The molecule has 0 heterocycles. The third kappa shape index (κ3) is 2.01. The number of carbonyl (C=O) groups is 1. The summed E-state index contributed by atoms with van der Waals surface area (Å²) in [6, 6.07) is 7.96. The molecule has 1 aliphatic rings. The van der Waals surface area contributed by atoms with E-state index in [1.165, 1.54) is 24.0 Å². The summed E-state index contributed by atoms with van der Waals surface area (Å²) in [6.45, 7) is 3.87. The van der Waals surface area contributed by atoms with Crippen LogP contribution in [0.1, 0.15) is 42.6 Å². The summed E-state index contributed by atoms with van der Waals surface area (Å²) in [5.41, 5.74) is 3.50. The Kier molecular flexibility index (Phi) is 2.72. The Hall–Kier alpha value is -1.37. The largest absolute Gasteiger partial charge is 0.295 e. The number of benzene rings is 1. The maximum Gasteiger partial charge on any atom is 0.159 e. The maximum absolute atomic E-state index is 11.1. The van der Waals surface area contributed by atoms with Crippen LogP contribution >= 0.6 is 0 Å². The zero-order valence-corrected chi connectivity index (χ0v) is 9.29. The van der Waals surface area contributed by atoms with Gasteiger partial charge in [-0.1, -0.05) is 37.3 Å². The van der Waals surface area contributed by atoms with Crippen molar-refractivity contribution in [3.63, 3.8) is 0 Å². The van der Waals surface area contributed by atoms with E-state index in [4.69, 9.17) is 0 Å². The summed E-state index contributed by atoms with van der Waals surface area (Å²) in [7, 11) is 0. The fourth-order valence-corrected chi connectivity index (χ4v) is 2.15. The van der Waals surface area contributed by atoms with Crippen molar-refractivity contribution in [3.05, 3.63) is 41.5 Å². The van der Waals surface area contributed by atoms with Gasteiger partial charge in [0.1, 0.15) is 0 Å². The van der Waals surface area contributed by atoms with Crippen LogP contribution in [0.3, 0.4) is 0 Å². The van der Waals surface area contributed by atoms with E-state index in [9.17, 15) is 4.79 Å². The minimum absolute atomic E-state index is 0.134. The first-order valence-electron chi connectivity index (χ1n) is 5.50. The van der Waals surface area contributed by atoms with Crippen LogP contribution in [0, 0.1) is 5.92 Å². The minimum Gasteiger partial charge on any atom is -0.295 e. The van der Waals surface area contributed by atoms with Crippen molar-refractivity contribution in [1.82, 2.24) is 0 Å². The highest BCUT2D eigenvalue weighted by atomic mass is 16.1. The third-order valence-electron chi connectivity index (χ3n) is 3.12. The van der Waals surface area contributed by atoms with Gasteiger partial charge in [0, 0.05) is 5.56 Å². The molecule has 0 spiro atoms. The van der Waals surface area contributed by atoms with Gasteiger partial charge in [0.15, 0.2) is 5.78 Å². The van der Waals surface area contributed by atoms with Gasteiger partial charge in [0.25, 0.3) is 0 Å². The Morgan fingerprint density at radius 1 is 1.27 bits per heavy atom. The SMILES string of the molecule is CC(=O)c1ccc(C2=CCCC2C)cc1. The lowest BCUT2D eigenvalue weighted by Gasteiger charge is -2.09. The summed E-state index contributed by atoms with van der Waals surface area (Å²) in [4.78, 5) is 11.1. The van der Waals surface area contributed by atoms with Crippen molar-refractivity contribution >= 4 is 11.4 Å². The monoisotopic (exact) mass is 200 g/mol. The van der Waals surface area contributed by atoms with E-state index in [1.54, 1.807) is 6.92 Å². The molecule has 0 radical (unpaired) electrons. The molecule has 1 aromatic carbocycles. The van der Waals surface area contributed by atoms with E-state index in [0.717, 1.165) is 5.56 Å². The van der Waals surface area contributed by atoms with Crippen LogP contribution in [0.15, 0.2) is 30.3 Å². The lowest BCUT2D eigenvalue weighted by Crippen LogP contribution is -1.95. The molecular weight excluding hydrogens is 184 g/mol. The summed E-state index contributed by atoms with van der Waals surface area (Å²) in [5.74, 6) is 0.795. The molecule has 0 aliphatic heterocycles. The number of carbonyl (C=O) groups excluding carboxylic acids is 1. The molecule has 1 nitrogen and oxygen atoms in total. The first-order chi connectivity index (χ1) is 7.18. The highest BCUT2D eigenvalue weighted by Crippen LogP contribution is 2.33. The van der Waals surface area contributed by atoms with Crippen LogP contribution in [0.2, 0.25) is 0 Å². The van der Waals surface area contributed by atoms with Crippen molar-refractivity contribution in [2.45, 2.75) is 26.7 Å². The summed E-state index contributed by atoms with van der Waals surface area (Å²) >= 11 is 0. The Balaban J connectivity index is 2.27. The number of hydrogen-bond acceptors (Lipinski definition) is 1. The molecular formula is C14H16O. The Morgan fingerprint density at radius 2 is 1.93 bits per heavy atom. The van der Waals surface area contributed by atoms with Gasteiger partial charge in [-0.2, -0.15) is 0 Å². The molecule has 0 aromatic heterocycles. The fraction of sp³-hybridized carbons (Fsp3) is 0.357. The molecule has 1 aliphatic carbocycles. The highest BCUT2D eigenvalue weighted by molar-refractivity contribution is 5.94. The molecule has 0 amide bonds. The zero-order chi connectivity index (χ0) is 10.8. The van der Waals surface area contributed by atoms with Gasteiger partial charge in [-0.3, -0.25) is 4.79 Å². The van der Waals surface area contributed by atoms with Crippen molar-refractivity contribution in [2.24, 2.45) is 5.92 Å². The molecule has 0 bridgehead atoms. The Bertz CT molecular complexity index is 398. The molecule has 1 atom stereocenters. The number of ketones is 1. The molecule has 1 heteroatoms. The smallest absolute Gasteiger partial charge is 0.159 e. The van der Waals surface area contributed by atoms with Gasteiger partial charge in [-0.15, -0.1) is 0 Å². The zero-order valence-electron chi connectivity index (χ0n) is 9.29. The molecule has 0 N–H and O–H groups in total. The van der Waals surface area contributed by atoms with Crippen LogP contribution in [0.25, 0.3) is 5.57 Å². The van der Waals surface area contributed by atoms with Crippen LogP contribution in [-0.4, -0.2) is 5.78 Å². The molecule has 0 saturated heterocycles. The van der Waals surface area contributed by atoms with Gasteiger partial charge < -0.3 is 0 Å². The second-order valence-corrected chi connectivity index (χ2v) is 4.27. The lowest BCUT2D eigenvalue weighted by atomic mass is 9.96. The number of allylic oxidation sites excluding steroid dienone is 2. The van der Waals surface area contributed by atoms with Crippen LogP contribution < -0.4 is 0 Å². The van der Waals surface area contributed by atoms with E-state index in [2.05, 4.69) is 25.1 Å². The van der Waals surface area contributed by atoms with Gasteiger partial charge >= 0.3 is 0 Å². The van der Waals surface area contributed by atoms with Crippen molar-refractivity contribution < 1.29 is 4.79 Å². The molecule has 2 rings (SSSR count). The minimum atomic E-state index is 0.134. The average molecular weight is 200 g/mol. The molecule has 78 valence electrons. The van der Waals surface area contributed by atoms with E-state index in [0.29, 0.717) is 5.92 Å². The lowest BCUT2D eigenvalue weighted by molar-refractivity contribution is 0.101. The highest BCUT2D eigenvalue weighted by Gasteiger charge is 2.15. The molecule has 0 fully saturated rings. The Morgan fingerprint density at radius 3 is 2.40 bits per heavy atom. The Labute approximate surface area is 90.8 Å². The normalized spacial score (nSPS) is 20.1. The van der Waals surface area contributed by atoms with Gasteiger partial charge in [-0.05, 0) is 36.8 Å². The van der Waals surface area contributed by atoms with Crippen LogP contribution in [-0.2, 0) is 0 Å². The van der Waals surface area contributed by atoms with Crippen molar-refractivity contribution in [2.75, 3.05) is 0 Å². The molecule has 0 saturated carbocycles. The van der Waals surface area contributed by atoms with Gasteiger partial charge in [0.05, 0.1) is 0 Å². The predicted octanol–water partition coefficient (Wildman–Crippen LogP) is 3.70. The average Bonchev–Trinajstić information content (AvgIpc) is 2.65. The van der Waals surface area contributed by atoms with Gasteiger partial charge in [0.2, 0.25) is 0 Å². The molecule has 15 heavy (non-hydrogen) atoms. The summed E-state index contributed by atoms with van der Waals surface area (Å²) in [5, 5.41) is 0. The van der Waals surface area contributed by atoms with Crippen molar-refractivity contribution in [1.29, 1.82) is 0 Å². The standard InChI is InChI=1S/C14H16O/c1-10-4-3-5-14(10)13-8-6-12(7-9-13)11(2)15/h5-10H,3-4H2,1-2H3. The topological polar surface area (TPSA) is 17.1 Å². The van der Waals surface area contributed by atoms with Crippen LogP contribution in [0.4, 0.5) is 0 Å². The quantitative estimate of drug-likeness (QED) is 0.665. The third-order valence-corrected chi connectivity index (χ3v) is 3.12. The van der Waals surface area contributed by atoms with E-state index >= 15 is 0 Å².